The molecular formula is C14H24N2O3. The molecule has 0 aliphatic heterocycles. The number of hydrogen-bond acceptors (Lipinski definition) is 3. The Morgan fingerprint density at radius 1 is 1.26 bits per heavy atom. The van der Waals surface area contributed by atoms with Crippen LogP contribution in [0.3, 0.4) is 0 Å². The summed E-state index contributed by atoms with van der Waals surface area (Å²) in [5, 5.41) is 12.3. The standard InChI is InChI=1S/C14H24N2O3/c1-13(12(18)19)6-3-2-5-10(13)16-11(17)9-14(15)7-4-8-14/h10H,2-9,15H2,1H3,(H,16,17)(H,18,19). The van der Waals surface area contributed by atoms with Gasteiger partial charge >= 0.3 is 5.97 Å². The van der Waals surface area contributed by atoms with Gasteiger partial charge in [0.15, 0.2) is 0 Å². The summed E-state index contributed by atoms with van der Waals surface area (Å²) in [7, 11) is 0. The summed E-state index contributed by atoms with van der Waals surface area (Å²) in [4.78, 5) is 23.5. The molecule has 4 N–H and O–H groups in total. The fraction of sp³-hybridized carbons (Fsp3) is 0.857. The lowest BCUT2D eigenvalue weighted by atomic mass is 9.71. The molecule has 2 unspecified atom stereocenters. The fourth-order valence-corrected chi connectivity index (χ4v) is 3.19. The first-order chi connectivity index (χ1) is 8.86. The predicted molar refractivity (Wildman–Crippen MR) is 71.5 cm³/mol. The maximum absolute atomic E-state index is 12.0. The van der Waals surface area contributed by atoms with E-state index >= 15 is 0 Å². The molecule has 0 aromatic rings. The van der Waals surface area contributed by atoms with Crippen molar-refractivity contribution in [3.8, 4) is 0 Å². The largest absolute Gasteiger partial charge is 0.481 e. The fourth-order valence-electron chi connectivity index (χ4n) is 3.19. The Hall–Kier alpha value is -1.10. The molecule has 2 saturated carbocycles. The van der Waals surface area contributed by atoms with Crippen LogP contribution in [0.1, 0.15) is 58.3 Å². The van der Waals surface area contributed by atoms with E-state index in [1.165, 1.54) is 0 Å². The first-order valence-corrected chi connectivity index (χ1v) is 7.17. The maximum atomic E-state index is 12.0. The number of aliphatic carboxylic acids is 1. The van der Waals surface area contributed by atoms with E-state index in [2.05, 4.69) is 5.32 Å². The molecule has 0 aromatic carbocycles. The summed E-state index contributed by atoms with van der Waals surface area (Å²) in [6.45, 7) is 1.74. The van der Waals surface area contributed by atoms with Gasteiger partial charge in [0.05, 0.1) is 5.41 Å². The van der Waals surface area contributed by atoms with E-state index in [0.29, 0.717) is 12.8 Å². The lowest BCUT2D eigenvalue weighted by molar-refractivity contribution is -0.152. The van der Waals surface area contributed by atoms with Gasteiger partial charge in [0.1, 0.15) is 0 Å². The Bertz CT molecular complexity index is 379. The molecule has 19 heavy (non-hydrogen) atoms. The first-order valence-electron chi connectivity index (χ1n) is 7.17. The maximum Gasteiger partial charge on any atom is 0.311 e. The molecule has 0 radical (unpaired) electrons. The number of rotatable bonds is 4. The summed E-state index contributed by atoms with van der Waals surface area (Å²) in [5.74, 6) is -0.912. The minimum atomic E-state index is -0.838. The van der Waals surface area contributed by atoms with E-state index in [4.69, 9.17) is 5.73 Å². The van der Waals surface area contributed by atoms with Crippen LogP contribution in [0.5, 0.6) is 0 Å². The van der Waals surface area contributed by atoms with Gasteiger partial charge < -0.3 is 16.2 Å². The van der Waals surface area contributed by atoms with Gasteiger partial charge in [0.2, 0.25) is 5.91 Å². The summed E-state index contributed by atoms with van der Waals surface area (Å²) >= 11 is 0. The van der Waals surface area contributed by atoms with Crippen molar-refractivity contribution in [1.82, 2.24) is 5.32 Å². The molecule has 2 rings (SSSR count). The van der Waals surface area contributed by atoms with Gasteiger partial charge in [-0.15, -0.1) is 0 Å². The Kier molecular flexibility index (Phi) is 3.85. The van der Waals surface area contributed by atoms with Crippen LogP contribution in [-0.4, -0.2) is 28.6 Å². The number of carbonyl (C=O) groups is 2. The van der Waals surface area contributed by atoms with E-state index in [9.17, 15) is 14.7 Å². The lowest BCUT2D eigenvalue weighted by Crippen LogP contribution is -2.55. The molecule has 2 aliphatic rings. The molecule has 0 heterocycles. The zero-order valence-electron chi connectivity index (χ0n) is 11.6. The molecule has 1 amide bonds. The highest BCUT2D eigenvalue weighted by Crippen LogP contribution is 2.37. The second-order valence-electron chi connectivity index (χ2n) is 6.48. The number of carboxylic acids is 1. The zero-order chi connectivity index (χ0) is 14.1. The van der Waals surface area contributed by atoms with E-state index in [1.807, 2.05) is 0 Å². The molecule has 108 valence electrons. The average Bonchev–Trinajstić information content (AvgIpc) is 2.30. The van der Waals surface area contributed by atoms with Crippen molar-refractivity contribution in [3.05, 3.63) is 0 Å². The number of nitrogens with one attached hydrogen (secondary N) is 1. The van der Waals surface area contributed by atoms with Crippen molar-refractivity contribution in [1.29, 1.82) is 0 Å². The second-order valence-corrected chi connectivity index (χ2v) is 6.48. The van der Waals surface area contributed by atoms with Gasteiger partial charge in [-0.1, -0.05) is 12.8 Å². The van der Waals surface area contributed by atoms with Crippen LogP contribution in [-0.2, 0) is 9.59 Å². The van der Waals surface area contributed by atoms with Gasteiger partial charge in [-0.2, -0.15) is 0 Å². The third-order valence-electron chi connectivity index (χ3n) is 4.89. The van der Waals surface area contributed by atoms with Crippen molar-refractivity contribution in [2.24, 2.45) is 11.1 Å². The highest BCUT2D eigenvalue weighted by atomic mass is 16.4. The molecule has 5 nitrogen and oxygen atoms in total. The van der Waals surface area contributed by atoms with Gasteiger partial charge in [0.25, 0.3) is 0 Å². The topological polar surface area (TPSA) is 92.4 Å². The predicted octanol–water partition coefficient (Wildman–Crippen LogP) is 1.41. The Morgan fingerprint density at radius 3 is 2.47 bits per heavy atom. The van der Waals surface area contributed by atoms with E-state index in [1.54, 1.807) is 6.92 Å². The van der Waals surface area contributed by atoms with Crippen molar-refractivity contribution in [2.45, 2.75) is 69.9 Å². The Balaban J connectivity index is 1.95. The van der Waals surface area contributed by atoms with Gasteiger partial charge in [-0.3, -0.25) is 9.59 Å². The normalized spacial score (nSPS) is 33.3. The molecule has 2 atom stereocenters. The number of carboxylic acid groups (broad SMARTS) is 1. The van der Waals surface area contributed by atoms with Crippen LogP contribution >= 0.6 is 0 Å². The van der Waals surface area contributed by atoms with E-state index < -0.39 is 11.4 Å². The third-order valence-corrected chi connectivity index (χ3v) is 4.89. The number of carbonyl (C=O) groups excluding carboxylic acids is 1. The molecule has 0 spiro atoms. The Morgan fingerprint density at radius 2 is 1.95 bits per heavy atom. The van der Waals surface area contributed by atoms with Crippen LogP contribution in [0.2, 0.25) is 0 Å². The van der Waals surface area contributed by atoms with Crippen LogP contribution in [0.25, 0.3) is 0 Å². The number of hydrogen-bond donors (Lipinski definition) is 3. The minimum Gasteiger partial charge on any atom is -0.481 e. The number of amides is 1. The van der Waals surface area contributed by atoms with Crippen molar-refractivity contribution < 1.29 is 14.7 Å². The smallest absolute Gasteiger partial charge is 0.311 e. The molecule has 0 aromatic heterocycles. The second kappa shape index (κ2) is 5.12. The molecular weight excluding hydrogens is 244 g/mol. The highest BCUT2D eigenvalue weighted by Gasteiger charge is 2.44. The minimum absolute atomic E-state index is 0.0958. The van der Waals surface area contributed by atoms with Crippen LogP contribution < -0.4 is 11.1 Å². The summed E-state index contributed by atoms with van der Waals surface area (Å²) in [6.07, 6.45) is 6.44. The monoisotopic (exact) mass is 268 g/mol. The summed E-state index contributed by atoms with van der Waals surface area (Å²) < 4.78 is 0. The first kappa shape index (κ1) is 14.3. The van der Waals surface area contributed by atoms with Crippen molar-refractivity contribution in [3.63, 3.8) is 0 Å². The quantitative estimate of drug-likeness (QED) is 0.718. The molecule has 0 bridgehead atoms. The Labute approximate surface area is 113 Å². The van der Waals surface area contributed by atoms with Crippen LogP contribution in [0, 0.1) is 5.41 Å². The highest BCUT2D eigenvalue weighted by molar-refractivity contribution is 5.80. The SMILES string of the molecule is CC1(C(=O)O)CCCCC1NC(=O)CC1(N)CCC1. The van der Waals surface area contributed by atoms with Crippen LogP contribution in [0.15, 0.2) is 0 Å². The third kappa shape index (κ3) is 2.91. The molecule has 5 heteroatoms. The summed E-state index contributed by atoms with van der Waals surface area (Å²) in [6, 6.07) is -0.269. The molecule has 2 aliphatic carbocycles. The van der Waals surface area contributed by atoms with E-state index in [0.717, 1.165) is 38.5 Å². The van der Waals surface area contributed by atoms with Gasteiger partial charge in [0, 0.05) is 18.0 Å². The van der Waals surface area contributed by atoms with Gasteiger partial charge in [-0.05, 0) is 39.0 Å². The van der Waals surface area contributed by atoms with Crippen molar-refractivity contribution in [2.75, 3.05) is 0 Å². The van der Waals surface area contributed by atoms with Crippen molar-refractivity contribution >= 4 is 11.9 Å². The van der Waals surface area contributed by atoms with Gasteiger partial charge in [-0.25, -0.2) is 0 Å². The molecule has 2 fully saturated rings. The number of nitrogens with two attached hydrogens (primary N) is 1. The zero-order valence-corrected chi connectivity index (χ0v) is 11.6. The molecule has 0 saturated heterocycles. The van der Waals surface area contributed by atoms with Crippen LogP contribution in [0.4, 0.5) is 0 Å². The lowest BCUT2D eigenvalue weighted by Gasteiger charge is -2.41. The summed E-state index contributed by atoms with van der Waals surface area (Å²) in [5.41, 5.74) is 4.87. The average molecular weight is 268 g/mol. The van der Waals surface area contributed by atoms with E-state index in [-0.39, 0.29) is 17.5 Å².